The molecular formula is C20H32. The van der Waals surface area contributed by atoms with Crippen molar-refractivity contribution in [2.45, 2.75) is 64.7 Å². The molecule has 0 spiro atoms. The van der Waals surface area contributed by atoms with Crippen molar-refractivity contribution < 1.29 is 0 Å². The Bertz CT molecular complexity index is 283. The summed E-state index contributed by atoms with van der Waals surface area (Å²) in [6, 6.07) is 10.8. The Labute approximate surface area is 127 Å². The lowest BCUT2D eigenvalue weighted by molar-refractivity contribution is 0.575. The highest BCUT2D eigenvalue weighted by molar-refractivity contribution is 5.14. The molecule has 1 rings (SSSR count). The van der Waals surface area contributed by atoms with Gasteiger partial charge >= 0.3 is 0 Å². The zero-order chi connectivity index (χ0) is 15.5. The van der Waals surface area contributed by atoms with Crippen molar-refractivity contribution in [3.8, 4) is 12.8 Å². The van der Waals surface area contributed by atoms with Gasteiger partial charge in [-0.1, -0.05) is 82.2 Å². The van der Waals surface area contributed by atoms with Gasteiger partial charge in [0.1, 0.15) is 0 Å². The number of rotatable bonds is 9. The minimum absolute atomic E-state index is 1.26. The molecule has 1 aromatic carbocycles. The summed E-state index contributed by atoms with van der Waals surface area (Å²) in [6.07, 6.45) is 20.5. The van der Waals surface area contributed by atoms with Crippen LogP contribution in [0.1, 0.15) is 63.9 Å². The van der Waals surface area contributed by atoms with Crippen molar-refractivity contribution in [2.24, 2.45) is 0 Å². The Morgan fingerprint density at radius 2 is 1.20 bits per heavy atom. The summed E-state index contributed by atoms with van der Waals surface area (Å²) in [7, 11) is 0. The fraction of sp³-hybridized carbons (Fsp3) is 0.500. The molecule has 0 N–H and O–H groups in total. The summed E-state index contributed by atoms with van der Waals surface area (Å²) in [5.41, 5.74) is 1.49. The van der Waals surface area contributed by atoms with Gasteiger partial charge in [0.15, 0.2) is 0 Å². The van der Waals surface area contributed by atoms with E-state index >= 15 is 0 Å². The van der Waals surface area contributed by atoms with Crippen molar-refractivity contribution in [3.05, 3.63) is 49.1 Å². The van der Waals surface area contributed by atoms with Crippen molar-refractivity contribution in [2.75, 3.05) is 0 Å². The smallest absolute Gasteiger partial charge is 0.0279 e. The minimum atomic E-state index is 1.26. The quantitative estimate of drug-likeness (QED) is 0.276. The molecule has 0 aliphatic carbocycles. The first-order valence-corrected chi connectivity index (χ1v) is 7.80. The third kappa shape index (κ3) is 14.6. The molecule has 0 aromatic heterocycles. The van der Waals surface area contributed by atoms with E-state index in [0.717, 1.165) is 0 Å². The molecule has 0 radical (unpaired) electrons. The average Bonchev–Trinajstić information content (AvgIpc) is 2.55. The molecule has 0 aliphatic rings. The van der Waals surface area contributed by atoms with E-state index in [1.165, 1.54) is 63.4 Å². The Morgan fingerprint density at radius 1 is 0.750 bits per heavy atom. The number of hydrogen-bond acceptors (Lipinski definition) is 0. The van der Waals surface area contributed by atoms with Crippen molar-refractivity contribution >= 4 is 0 Å². The van der Waals surface area contributed by atoms with Crippen LogP contribution in [0.2, 0.25) is 0 Å². The molecule has 0 aliphatic heterocycles. The van der Waals surface area contributed by atoms with Crippen LogP contribution in [0.3, 0.4) is 0 Å². The summed E-state index contributed by atoms with van der Waals surface area (Å²) in [5, 5.41) is 0. The summed E-state index contributed by atoms with van der Waals surface area (Å²) >= 11 is 0. The summed E-state index contributed by atoms with van der Waals surface area (Å²) in [4.78, 5) is 0. The van der Waals surface area contributed by atoms with E-state index in [4.69, 9.17) is 0 Å². The summed E-state index contributed by atoms with van der Waals surface area (Å²) in [5.74, 6) is 0. The molecule has 20 heavy (non-hydrogen) atoms. The second-order valence-corrected chi connectivity index (χ2v) is 4.71. The zero-order valence-electron chi connectivity index (χ0n) is 13.3. The van der Waals surface area contributed by atoms with E-state index in [9.17, 15) is 0 Å². The summed E-state index contributed by atoms with van der Waals surface area (Å²) < 4.78 is 0. The molecule has 0 atom stereocenters. The Hall–Kier alpha value is -1.48. The number of aryl methyl sites for hydroxylation is 1. The SMILES string of the molecule is C#C.C=C.CCCCCCCCCCc1ccccc1. The maximum absolute atomic E-state index is 4.00. The van der Waals surface area contributed by atoms with Gasteiger partial charge in [0, 0.05) is 0 Å². The number of unbranched alkanes of at least 4 members (excludes halogenated alkanes) is 7. The number of hydrogen-bond donors (Lipinski definition) is 0. The molecular weight excluding hydrogens is 240 g/mol. The van der Waals surface area contributed by atoms with E-state index < -0.39 is 0 Å². The van der Waals surface area contributed by atoms with E-state index in [-0.39, 0.29) is 0 Å². The van der Waals surface area contributed by atoms with Crippen LogP contribution in [0.4, 0.5) is 0 Å². The molecule has 0 unspecified atom stereocenters. The van der Waals surface area contributed by atoms with E-state index in [1.54, 1.807) is 0 Å². The minimum Gasteiger partial charge on any atom is -0.124 e. The van der Waals surface area contributed by atoms with E-state index in [0.29, 0.717) is 0 Å². The van der Waals surface area contributed by atoms with E-state index in [1.807, 2.05) is 0 Å². The Kier molecular flexibility index (Phi) is 20.7. The molecule has 1 aromatic rings. The van der Waals surface area contributed by atoms with Gasteiger partial charge in [0.2, 0.25) is 0 Å². The van der Waals surface area contributed by atoms with Gasteiger partial charge in [-0.25, -0.2) is 0 Å². The van der Waals surface area contributed by atoms with Gasteiger partial charge in [-0.05, 0) is 18.4 Å². The van der Waals surface area contributed by atoms with E-state index in [2.05, 4.69) is 63.3 Å². The number of benzene rings is 1. The molecule has 0 nitrogen and oxygen atoms in total. The first-order valence-electron chi connectivity index (χ1n) is 7.80. The predicted molar refractivity (Wildman–Crippen MR) is 93.9 cm³/mol. The normalized spacial score (nSPS) is 8.75. The second kappa shape index (κ2) is 19.9. The van der Waals surface area contributed by atoms with Gasteiger partial charge in [-0.15, -0.1) is 26.0 Å². The standard InChI is InChI=1S/C16H26.C2H4.C2H2/c1-2-3-4-5-6-7-8-10-13-16-14-11-9-12-15-16;2*1-2/h9,11-12,14-15H,2-8,10,13H2,1H3;1-2H2;1-2H. The van der Waals surface area contributed by atoms with Gasteiger partial charge in [0.25, 0.3) is 0 Å². The summed E-state index contributed by atoms with van der Waals surface area (Å²) in [6.45, 7) is 8.28. The lowest BCUT2D eigenvalue weighted by atomic mass is 10.0. The van der Waals surface area contributed by atoms with Crippen LogP contribution in [0.15, 0.2) is 43.5 Å². The van der Waals surface area contributed by atoms with Crippen LogP contribution in [0.5, 0.6) is 0 Å². The lowest BCUT2D eigenvalue weighted by Crippen LogP contribution is -1.85. The first kappa shape index (κ1) is 20.8. The highest BCUT2D eigenvalue weighted by atomic mass is 14.0. The van der Waals surface area contributed by atoms with Crippen molar-refractivity contribution in [1.29, 1.82) is 0 Å². The maximum atomic E-state index is 4.00. The fourth-order valence-corrected chi connectivity index (χ4v) is 2.11. The third-order valence-corrected chi connectivity index (χ3v) is 3.16. The van der Waals surface area contributed by atoms with Crippen LogP contribution in [-0.2, 0) is 6.42 Å². The van der Waals surface area contributed by atoms with Gasteiger partial charge in [-0.2, -0.15) is 0 Å². The highest BCUT2D eigenvalue weighted by Crippen LogP contribution is 2.10. The number of terminal acetylenes is 1. The van der Waals surface area contributed by atoms with Gasteiger partial charge in [-0.3, -0.25) is 0 Å². The maximum Gasteiger partial charge on any atom is -0.0279 e. The van der Waals surface area contributed by atoms with Crippen molar-refractivity contribution in [3.63, 3.8) is 0 Å². The topological polar surface area (TPSA) is 0 Å². The zero-order valence-corrected chi connectivity index (χ0v) is 13.3. The molecule has 0 bridgehead atoms. The van der Waals surface area contributed by atoms with Crippen LogP contribution in [-0.4, -0.2) is 0 Å². The van der Waals surface area contributed by atoms with Gasteiger partial charge in [0.05, 0.1) is 0 Å². The molecule has 0 amide bonds. The largest absolute Gasteiger partial charge is 0.124 e. The fourth-order valence-electron chi connectivity index (χ4n) is 2.11. The molecule has 0 heteroatoms. The first-order chi connectivity index (χ1) is 9.93. The monoisotopic (exact) mass is 272 g/mol. The lowest BCUT2D eigenvalue weighted by Gasteiger charge is -2.02. The molecule has 0 saturated heterocycles. The second-order valence-electron chi connectivity index (χ2n) is 4.71. The molecule has 0 heterocycles. The van der Waals surface area contributed by atoms with Crippen LogP contribution < -0.4 is 0 Å². The molecule has 0 fully saturated rings. The molecule has 112 valence electrons. The highest BCUT2D eigenvalue weighted by Gasteiger charge is 1.93. The predicted octanol–water partition coefficient (Wildman–Crippen LogP) is 6.42. The average molecular weight is 272 g/mol. The van der Waals surface area contributed by atoms with Crippen LogP contribution >= 0.6 is 0 Å². The van der Waals surface area contributed by atoms with Gasteiger partial charge < -0.3 is 0 Å². The van der Waals surface area contributed by atoms with Crippen molar-refractivity contribution in [1.82, 2.24) is 0 Å². The van der Waals surface area contributed by atoms with Crippen LogP contribution in [0, 0.1) is 12.8 Å². The third-order valence-electron chi connectivity index (χ3n) is 3.16. The Balaban J connectivity index is 0. The van der Waals surface area contributed by atoms with Crippen LogP contribution in [0.25, 0.3) is 0 Å². The molecule has 0 saturated carbocycles. The Morgan fingerprint density at radius 3 is 1.70 bits per heavy atom.